The van der Waals surface area contributed by atoms with Gasteiger partial charge in [0.25, 0.3) is 5.91 Å². The Labute approximate surface area is 149 Å². The molecule has 128 valence electrons. The first kappa shape index (κ1) is 18.3. The van der Waals surface area contributed by atoms with Crippen molar-refractivity contribution in [3.05, 3.63) is 45.8 Å². The molecule has 0 aliphatic rings. The molecule has 1 heterocycles. The predicted octanol–water partition coefficient (Wildman–Crippen LogP) is 4.16. The summed E-state index contributed by atoms with van der Waals surface area (Å²) in [5.41, 5.74) is 0.366. The Kier molecular flexibility index (Phi) is 6.63. The van der Waals surface area contributed by atoms with Gasteiger partial charge in [-0.25, -0.2) is 4.79 Å². The molecule has 0 unspecified atom stereocenters. The van der Waals surface area contributed by atoms with Gasteiger partial charge in [0.15, 0.2) is 6.61 Å². The van der Waals surface area contributed by atoms with Gasteiger partial charge >= 0.3 is 5.97 Å². The van der Waals surface area contributed by atoms with Crippen LogP contribution in [0.2, 0.25) is 5.02 Å². The number of esters is 1. The van der Waals surface area contributed by atoms with Crippen LogP contribution < -0.4 is 10.1 Å². The van der Waals surface area contributed by atoms with Crippen LogP contribution in [0.3, 0.4) is 0 Å². The fraction of sp³-hybridized carbons (Fsp3) is 0.294. The normalized spacial score (nSPS) is 10.3. The maximum absolute atomic E-state index is 12.1. The smallest absolute Gasteiger partial charge is 0.341 e. The molecule has 5 nitrogen and oxygen atoms in total. The van der Waals surface area contributed by atoms with Crippen molar-refractivity contribution in [2.75, 3.05) is 18.5 Å². The number of aryl methyl sites for hydroxylation is 1. The number of rotatable bonds is 7. The second kappa shape index (κ2) is 8.70. The topological polar surface area (TPSA) is 64.6 Å². The summed E-state index contributed by atoms with van der Waals surface area (Å²) in [5.74, 6) is -0.388. The van der Waals surface area contributed by atoms with E-state index in [1.807, 2.05) is 6.92 Å². The number of carbonyl (C=O) groups is 2. The van der Waals surface area contributed by atoms with Crippen LogP contribution in [-0.2, 0) is 16.0 Å². The van der Waals surface area contributed by atoms with Crippen molar-refractivity contribution in [3.8, 4) is 5.75 Å². The molecule has 0 saturated heterocycles. The summed E-state index contributed by atoms with van der Waals surface area (Å²) >= 11 is 7.33. The zero-order valence-electron chi connectivity index (χ0n) is 13.4. The van der Waals surface area contributed by atoms with E-state index < -0.39 is 5.97 Å². The van der Waals surface area contributed by atoms with E-state index in [1.54, 1.807) is 37.3 Å². The van der Waals surface area contributed by atoms with Crippen molar-refractivity contribution in [1.82, 2.24) is 0 Å². The lowest BCUT2D eigenvalue weighted by Gasteiger charge is -2.08. The van der Waals surface area contributed by atoms with Gasteiger partial charge in [0.2, 0.25) is 0 Å². The Morgan fingerprint density at radius 3 is 2.67 bits per heavy atom. The molecule has 1 N–H and O–H groups in total. The molecule has 0 aliphatic carbocycles. The number of nitrogens with one attached hydrogen (secondary N) is 1. The van der Waals surface area contributed by atoms with Crippen LogP contribution in [0.5, 0.6) is 5.75 Å². The molecule has 2 aromatic rings. The molecule has 24 heavy (non-hydrogen) atoms. The SMILES string of the molecule is CCOC(=O)c1cc(CC)sc1NC(=O)COc1ccccc1Cl. The van der Waals surface area contributed by atoms with Crippen LogP contribution in [0.4, 0.5) is 5.00 Å². The fourth-order valence-electron chi connectivity index (χ4n) is 1.94. The van der Waals surface area contributed by atoms with Crippen LogP contribution in [0.1, 0.15) is 29.1 Å². The molecule has 7 heteroatoms. The lowest BCUT2D eigenvalue weighted by molar-refractivity contribution is -0.118. The van der Waals surface area contributed by atoms with Crippen molar-refractivity contribution in [2.45, 2.75) is 20.3 Å². The molecule has 0 atom stereocenters. The van der Waals surface area contributed by atoms with Gasteiger partial charge in [-0.05, 0) is 31.5 Å². The summed E-state index contributed by atoms with van der Waals surface area (Å²) in [4.78, 5) is 25.1. The highest BCUT2D eigenvalue weighted by Gasteiger charge is 2.19. The summed E-state index contributed by atoms with van der Waals surface area (Å²) in [6.07, 6.45) is 0.767. The van der Waals surface area contributed by atoms with E-state index in [1.165, 1.54) is 11.3 Å². The predicted molar refractivity (Wildman–Crippen MR) is 95.2 cm³/mol. The van der Waals surface area contributed by atoms with Gasteiger partial charge in [-0.2, -0.15) is 0 Å². The summed E-state index contributed by atoms with van der Waals surface area (Å²) in [6, 6.07) is 8.65. The Hall–Kier alpha value is -2.05. The van der Waals surface area contributed by atoms with Crippen molar-refractivity contribution in [2.24, 2.45) is 0 Å². The van der Waals surface area contributed by atoms with Crippen molar-refractivity contribution >= 4 is 39.8 Å². The number of thiophene rings is 1. The highest BCUT2D eigenvalue weighted by atomic mass is 35.5. The molecule has 0 bridgehead atoms. The van der Waals surface area contributed by atoms with Crippen LogP contribution >= 0.6 is 22.9 Å². The molecular formula is C17H18ClNO4S. The Balaban J connectivity index is 2.04. The highest BCUT2D eigenvalue weighted by Crippen LogP contribution is 2.29. The second-order valence-corrected chi connectivity index (χ2v) is 6.34. The van der Waals surface area contributed by atoms with E-state index >= 15 is 0 Å². The number of para-hydroxylation sites is 1. The van der Waals surface area contributed by atoms with Gasteiger partial charge in [0, 0.05) is 4.88 Å². The maximum atomic E-state index is 12.1. The summed E-state index contributed by atoms with van der Waals surface area (Å²) in [6.45, 7) is 3.79. The zero-order chi connectivity index (χ0) is 17.5. The molecule has 2 rings (SSSR count). The summed E-state index contributed by atoms with van der Waals surface area (Å²) in [5, 5.41) is 3.61. The molecule has 1 aromatic heterocycles. The van der Waals surface area contributed by atoms with Crippen LogP contribution in [0, 0.1) is 0 Å². The Bertz CT molecular complexity index is 729. The molecule has 0 radical (unpaired) electrons. The van der Waals surface area contributed by atoms with Gasteiger partial charge in [0.05, 0.1) is 17.2 Å². The molecule has 0 aliphatic heterocycles. The minimum atomic E-state index is -0.448. The van der Waals surface area contributed by atoms with E-state index in [0.717, 1.165) is 11.3 Å². The van der Waals surface area contributed by atoms with Crippen molar-refractivity contribution < 1.29 is 19.1 Å². The minimum absolute atomic E-state index is 0.203. The number of carbonyl (C=O) groups excluding carboxylic acids is 2. The lowest BCUT2D eigenvalue weighted by atomic mass is 10.2. The average Bonchev–Trinajstić information content (AvgIpc) is 2.97. The first-order chi connectivity index (χ1) is 11.5. The van der Waals surface area contributed by atoms with Gasteiger partial charge < -0.3 is 14.8 Å². The third kappa shape index (κ3) is 4.72. The van der Waals surface area contributed by atoms with Gasteiger partial charge in [-0.1, -0.05) is 30.7 Å². The summed E-state index contributed by atoms with van der Waals surface area (Å²) < 4.78 is 10.4. The fourth-order valence-corrected chi connectivity index (χ4v) is 3.13. The van der Waals surface area contributed by atoms with E-state index in [4.69, 9.17) is 21.1 Å². The van der Waals surface area contributed by atoms with E-state index in [9.17, 15) is 9.59 Å². The van der Waals surface area contributed by atoms with Crippen LogP contribution in [0.15, 0.2) is 30.3 Å². The monoisotopic (exact) mass is 367 g/mol. The quantitative estimate of drug-likeness (QED) is 0.746. The number of amides is 1. The van der Waals surface area contributed by atoms with E-state index in [0.29, 0.717) is 21.3 Å². The number of anilines is 1. The summed E-state index contributed by atoms with van der Waals surface area (Å²) in [7, 11) is 0. The minimum Gasteiger partial charge on any atom is -0.482 e. The molecular weight excluding hydrogens is 350 g/mol. The Morgan fingerprint density at radius 2 is 2.00 bits per heavy atom. The number of halogens is 1. The first-order valence-corrected chi connectivity index (χ1v) is 8.71. The molecule has 0 saturated carbocycles. The largest absolute Gasteiger partial charge is 0.482 e. The van der Waals surface area contributed by atoms with E-state index in [2.05, 4.69) is 5.32 Å². The van der Waals surface area contributed by atoms with E-state index in [-0.39, 0.29) is 19.1 Å². The third-order valence-electron chi connectivity index (χ3n) is 3.08. The molecule has 0 spiro atoms. The first-order valence-electron chi connectivity index (χ1n) is 7.52. The average molecular weight is 368 g/mol. The van der Waals surface area contributed by atoms with Crippen molar-refractivity contribution in [1.29, 1.82) is 0 Å². The number of benzene rings is 1. The van der Waals surface area contributed by atoms with Gasteiger partial charge in [-0.3, -0.25) is 4.79 Å². The number of ether oxygens (including phenoxy) is 2. The highest BCUT2D eigenvalue weighted by molar-refractivity contribution is 7.16. The molecule has 1 amide bonds. The van der Waals surface area contributed by atoms with Gasteiger partial charge in [-0.15, -0.1) is 11.3 Å². The zero-order valence-corrected chi connectivity index (χ0v) is 15.0. The molecule has 0 fully saturated rings. The van der Waals surface area contributed by atoms with Crippen LogP contribution in [-0.4, -0.2) is 25.1 Å². The Morgan fingerprint density at radius 1 is 1.25 bits per heavy atom. The molecule has 1 aromatic carbocycles. The lowest BCUT2D eigenvalue weighted by Crippen LogP contribution is -2.21. The number of hydrogen-bond donors (Lipinski definition) is 1. The maximum Gasteiger partial charge on any atom is 0.341 e. The third-order valence-corrected chi connectivity index (χ3v) is 4.58. The van der Waals surface area contributed by atoms with Crippen LogP contribution in [0.25, 0.3) is 0 Å². The van der Waals surface area contributed by atoms with Gasteiger partial charge in [0.1, 0.15) is 10.8 Å². The second-order valence-electron chi connectivity index (χ2n) is 4.80. The number of hydrogen-bond acceptors (Lipinski definition) is 5. The standard InChI is InChI=1S/C17H18ClNO4S/c1-3-11-9-12(17(21)22-4-2)16(24-11)19-15(20)10-23-14-8-6-5-7-13(14)18/h5-9H,3-4,10H2,1-2H3,(H,19,20). The van der Waals surface area contributed by atoms with Crippen molar-refractivity contribution in [3.63, 3.8) is 0 Å².